The van der Waals surface area contributed by atoms with E-state index in [1.807, 2.05) is 0 Å². The molecule has 0 spiro atoms. The Morgan fingerprint density at radius 1 is 0.889 bits per heavy atom. The molecule has 0 saturated heterocycles. The molecule has 2 aromatic carbocycles. The van der Waals surface area contributed by atoms with Gasteiger partial charge in [-0.05, 0) is 35.4 Å². The molecule has 0 radical (unpaired) electrons. The van der Waals surface area contributed by atoms with Crippen LogP contribution in [0.15, 0.2) is 36.4 Å². The average molecular weight is 305 g/mol. The van der Waals surface area contributed by atoms with Crippen LogP contribution in [0.5, 0.6) is 0 Å². The van der Waals surface area contributed by atoms with E-state index in [1.54, 1.807) is 24.3 Å². The van der Waals surface area contributed by atoms with Crippen LogP contribution < -0.4 is 5.73 Å². The largest absolute Gasteiger partial charge is 0.320 e. The van der Waals surface area contributed by atoms with E-state index in [1.165, 1.54) is 12.1 Å². The summed E-state index contributed by atoms with van der Waals surface area (Å²) in [4.78, 5) is 0. The van der Waals surface area contributed by atoms with Gasteiger partial charge in [-0.2, -0.15) is 0 Å². The molecule has 1 atom stereocenters. The molecule has 94 valence electrons. The summed E-state index contributed by atoms with van der Waals surface area (Å²) in [6.45, 7) is 0. The van der Waals surface area contributed by atoms with Gasteiger partial charge in [-0.25, -0.2) is 4.39 Å². The summed E-state index contributed by atoms with van der Waals surface area (Å²) in [7, 11) is 0. The Morgan fingerprint density at radius 2 is 1.44 bits per heavy atom. The van der Waals surface area contributed by atoms with Crippen molar-refractivity contribution in [1.29, 1.82) is 0 Å². The van der Waals surface area contributed by atoms with E-state index < -0.39 is 11.9 Å². The molecule has 1 nitrogen and oxygen atoms in total. The quantitative estimate of drug-likeness (QED) is 0.844. The number of benzene rings is 2. The molecule has 5 heteroatoms. The van der Waals surface area contributed by atoms with Crippen LogP contribution in [0.25, 0.3) is 0 Å². The van der Waals surface area contributed by atoms with Crippen molar-refractivity contribution in [2.45, 2.75) is 6.04 Å². The Kier molecular flexibility index (Phi) is 4.13. The second-order valence-corrected chi connectivity index (χ2v) is 5.06. The van der Waals surface area contributed by atoms with E-state index in [4.69, 9.17) is 40.5 Å². The van der Waals surface area contributed by atoms with Crippen LogP contribution in [0.3, 0.4) is 0 Å². The van der Waals surface area contributed by atoms with Crippen LogP contribution >= 0.6 is 34.8 Å². The van der Waals surface area contributed by atoms with Crippen molar-refractivity contribution in [2.75, 3.05) is 0 Å². The van der Waals surface area contributed by atoms with Crippen molar-refractivity contribution in [2.24, 2.45) is 5.73 Å². The molecule has 0 aliphatic heterocycles. The third-order valence-electron chi connectivity index (χ3n) is 2.60. The van der Waals surface area contributed by atoms with Crippen LogP contribution in [0.1, 0.15) is 17.2 Å². The molecule has 2 aromatic rings. The Bertz CT molecular complexity index is 535. The Labute approximate surface area is 119 Å². The first-order valence-electron chi connectivity index (χ1n) is 5.14. The lowest BCUT2D eigenvalue weighted by atomic mass is 9.99. The van der Waals surface area contributed by atoms with E-state index in [-0.39, 0.29) is 5.02 Å². The lowest BCUT2D eigenvalue weighted by Crippen LogP contribution is -2.13. The zero-order valence-electron chi connectivity index (χ0n) is 9.13. The highest BCUT2D eigenvalue weighted by Crippen LogP contribution is 2.32. The van der Waals surface area contributed by atoms with Crippen molar-refractivity contribution in [1.82, 2.24) is 0 Å². The minimum Gasteiger partial charge on any atom is -0.320 e. The van der Waals surface area contributed by atoms with E-state index in [2.05, 4.69) is 0 Å². The average Bonchev–Trinajstić information content (AvgIpc) is 2.28. The maximum absolute atomic E-state index is 13.0. The smallest absolute Gasteiger partial charge is 0.124 e. The third kappa shape index (κ3) is 2.78. The Balaban J connectivity index is 2.44. The van der Waals surface area contributed by atoms with Crippen LogP contribution in [-0.4, -0.2) is 0 Å². The maximum Gasteiger partial charge on any atom is 0.124 e. The first-order chi connectivity index (χ1) is 8.49. The zero-order chi connectivity index (χ0) is 13.3. The summed E-state index contributed by atoms with van der Waals surface area (Å²) < 4.78 is 13.0. The molecule has 0 amide bonds. The van der Waals surface area contributed by atoms with Gasteiger partial charge in [-0.1, -0.05) is 46.9 Å². The molecule has 18 heavy (non-hydrogen) atoms. The summed E-state index contributed by atoms with van der Waals surface area (Å²) in [5, 5.41) is 1.25. The van der Waals surface area contributed by atoms with Gasteiger partial charge in [0.15, 0.2) is 0 Å². The number of hydrogen-bond donors (Lipinski definition) is 1. The standard InChI is InChI=1S/C13H9Cl3FN/c14-7-1-3-9(11(15)5-7)13(18)10-4-2-8(17)6-12(10)16/h1-6,13H,18H2. The van der Waals surface area contributed by atoms with Gasteiger partial charge in [0, 0.05) is 15.1 Å². The molecule has 1 unspecified atom stereocenters. The van der Waals surface area contributed by atoms with Crippen LogP contribution in [0.2, 0.25) is 15.1 Å². The van der Waals surface area contributed by atoms with E-state index in [0.29, 0.717) is 21.2 Å². The Morgan fingerprint density at radius 3 is 2.00 bits per heavy atom. The molecular weight excluding hydrogens is 296 g/mol. The zero-order valence-corrected chi connectivity index (χ0v) is 11.4. The summed E-state index contributed by atoms with van der Waals surface area (Å²) >= 11 is 17.9. The van der Waals surface area contributed by atoms with E-state index >= 15 is 0 Å². The molecule has 0 aromatic heterocycles. The molecule has 0 bridgehead atoms. The van der Waals surface area contributed by atoms with Crippen molar-refractivity contribution >= 4 is 34.8 Å². The fraction of sp³-hybridized carbons (Fsp3) is 0.0769. The minimum absolute atomic E-state index is 0.272. The van der Waals surface area contributed by atoms with Gasteiger partial charge < -0.3 is 5.73 Å². The molecule has 0 aliphatic rings. The lowest BCUT2D eigenvalue weighted by molar-refractivity contribution is 0.626. The summed E-state index contributed by atoms with van der Waals surface area (Å²) in [6.07, 6.45) is 0. The Hall–Kier alpha value is -0.800. The van der Waals surface area contributed by atoms with Gasteiger partial charge in [0.05, 0.1) is 6.04 Å². The van der Waals surface area contributed by atoms with Gasteiger partial charge in [-0.15, -0.1) is 0 Å². The van der Waals surface area contributed by atoms with Gasteiger partial charge in [0.2, 0.25) is 0 Å². The molecular formula is C13H9Cl3FN. The predicted molar refractivity (Wildman–Crippen MR) is 73.9 cm³/mol. The van der Waals surface area contributed by atoms with Crippen molar-refractivity contribution in [3.05, 3.63) is 68.4 Å². The highest BCUT2D eigenvalue weighted by Gasteiger charge is 2.16. The number of rotatable bonds is 2. The summed E-state index contributed by atoms with van der Waals surface area (Å²) in [6, 6.07) is 8.59. The monoisotopic (exact) mass is 303 g/mol. The van der Waals surface area contributed by atoms with E-state index in [0.717, 1.165) is 0 Å². The SMILES string of the molecule is NC(c1ccc(F)cc1Cl)c1ccc(Cl)cc1Cl. The fourth-order valence-electron chi connectivity index (χ4n) is 1.67. The summed E-state index contributed by atoms with van der Waals surface area (Å²) in [5.74, 6) is -0.404. The van der Waals surface area contributed by atoms with Crippen molar-refractivity contribution in [3.63, 3.8) is 0 Å². The first-order valence-corrected chi connectivity index (χ1v) is 6.28. The maximum atomic E-state index is 13.0. The van der Waals surface area contributed by atoms with E-state index in [9.17, 15) is 4.39 Å². The second kappa shape index (κ2) is 5.45. The highest BCUT2D eigenvalue weighted by atomic mass is 35.5. The lowest BCUT2D eigenvalue weighted by Gasteiger charge is -2.16. The van der Waals surface area contributed by atoms with Gasteiger partial charge in [0.1, 0.15) is 5.82 Å². The molecule has 0 fully saturated rings. The second-order valence-electron chi connectivity index (χ2n) is 3.81. The minimum atomic E-state index is -0.525. The molecule has 2 N–H and O–H groups in total. The summed E-state index contributed by atoms with van der Waals surface area (Å²) in [5.41, 5.74) is 7.39. The predicted octanol–water partition coefficient (Wildman–Crippen LogP) is 4.83. The number of halogens is 4. The molecule has 2 rings (SSSR count). The van der Waals surface area contributed by atoms with Crippen LogP contribution in [-0.2, 0) is 0 Å². The molecule has 0 heterocycles. The molecule has 0 saturated carbocycles. The van der Waals surface area contributed by atoms with Gasteiger partial charge in [0.25, 0.3) is 0 Å². The van der Waals surface area contributed by atoms with Gasteiger partial charge >= 0.3 is 0 Å². The molecule has 0 aliphatic carbocycles. The third-order valence-corrected chi connectivity index (χ3v) is 3.48. The van der Waals surface area contributed by atoms with Crippen LogP contribution in [0, 0.1) is 5.82 Å². The first kappa shape index (κ1) is 13.6. The van der Waals surface area contributed by atoms with Crippen LogP contribution in [0.4, 0.5) is 4.39 Å². The fourth-order valence-corrected chi connectivity index (χ4v) is 2.49. The number of hydrogen-bond acceptors (Lipinski definition) is 1. The van der Waals surface area contributed by atoms with Crippen molar-refractivity contribution < 1.29 is 4.39 Å². The highest BCUT2D eigenvalue weighted by molar-refractivity contribution is 6.35. The van der Waals surface area contributed by atoms with Crippen molar-refractivity contribution in [3.8, 4) is 0 Å². The topological polar surface area (TPSA) is 26.0 Å². The normalized spacial score (nSPS) is 12.5. The number of nitrogens with two attached hydrogens (primary N) is 1. The van der Waals surface area contributed by atoms with Gasteiger partial charge in [-0.3, -0.25) is 0 Å².